The average Bonchev–Trinajstić information content (AvgIpc) is 2.43. The molecule has 7 heteroatoms. The lowest BCUT2D eigenvalue weighted by Crippen LogP contribution is -2.28. The Morgan fingerprint density at radius 1 is 1.30 bits per heavy atom. The molecule has 0 aliphatic rings. The van der Waals surface area contributed by atoms with Gasteiger partial charge in [-0.3, -0.25) is 19.5 Å². The Morgan fingerprint density at radius 2 is 2.05 bits per heavy atom. The molecule has 0 radical (unpaired) electrons. The minimum Gasteiger partial charge on any atom is -0.293 e. The van der Waals surface area contributed by atoms with Crippen LogP contribution in [0.2, 0.25) is 0 Å². The second kappa shape index (κ2) is 6.55. The molecule has 0 bridgehead atoms. The number of hydrogen-bond acceptors (Lipinski definition) is 5. The molecule has 0 fully saturated rings. The highest BCUT2D eigenvalue weighted by Gasteiger charge is 2.07. The molecule has 1 amide bonds. The highest BCUT2D eigenvalue weighted by Crippen LogP contribution is 1.96. The van der Waals surface area contributed by atoms with Gasteiger partial charge in [-0.15, -0.1) is 0 Å². The molecule has 0 aliphatic carbocycles. The third-order valence-electron chi connectivity index (χ3n) is 2.57. The summed E-state index contributed by atoms with van der Waals surface area (Å²) in [4.78, 5) is 35.5. The SMILES string of the molecule is CCCc1cc(=O)n(CC(=O)Nc2ncccn2)cn1. The molecule has 0 spiro atoms. The maximum Gasteiger partial charge on any atom is 0.253 e. The van der Waals surface area contributed by atoms with Crippen LogP contribution in [0.4, 0.5) is 5.95 Å². The van der Waals surface area contributed by atoms with E-state index in [9.17, 15) is 9.59 Å². The standard InChI is InChI=1S/C13H15N5O2/c1-2-4-10-7-12(20)18(9-16-10)8-11(19)17-13-14-5-3-6-15-13/h3,5-7,9H,2,4,8H2,1H3,(H,14,15,17,19). The summed E-state index contributed by atoms with van der Waals surface area (Å²) in [6, 6.07) is 3.10. The zero-order valence-electron chi connectivity index (χ0n) is 11.1. The van der Waals surface area contributed by atoms with Crippen molar-refractivity contribution in [1.29, 1.82) is 0 Å². The zero-order valence-corrected chi connectivity index (χ0v) is 11.1. The molecule has 1 N–H and O–H groups in total. The van der Waals surface area contributed by atoms with Crippen LogP contribution in [0.1, 0.15) is 19.0 Å². The summed E-state index contributed by atoms with van der Waals surface area (Å²) in [5.41, 5.74) is 0.494. The van der Waals surface area contributed by atoms with Crippen molar-refractivity contribution in [3.8, 4) is 0 Å². The maximum atomic E-state index is 11.8. The van der Waals surface area contributed by atoms with E-state index in [2.05, 4.69) is 20.3 Å². The lowest BCUT2D eigenvalue weighted by Gasteiger charge is -2.06. The summed E-state index contributed by atoms with van der Waals surface area (Å²) >= 11 is 0. The van der Waals surface area contributed by atoms with Crippen molar-refractivity contribution < 1.29 is 4.79 Å². The molecule has 20 heavy (non-hydrogen) atoms. The highest BCUT2D eigenvalue weighted by atomic mass is 16.2. The molecule has 0 aromatic carbocycles. The van der Waals surface area contributed by atoms with Gasteiger partial charge >= 0.3 is 0 Å². The lowest BCUT2D eigenvalue weighted by molar-refractivity contribution is -0.116. The Balaban J connectivity index is 2.03. The summed E-state index contributed by atoms with van der Waals surface area (Å²) in [6.07, 6.45) is 6.10. The van der Waals surface area contributed by atoms with E-state index in [1.165, 1.54) is 29.4 Å². The minimum absolute atomic E-state index is 0.115. The van der Waals surface area contributed by atoms with Gasteiger partial charge in [0.25, 0.3) is 5.56 Å². The first-order valence-corrected chi connectivity index (χ1v) is 6.31. The van der Waals surface area contributed by atoms with Gasteiger partial charge in [0.15, 0.2) is 0 Å². The fourth-order valence-corrected chi connectivity index (χ4v) is 1.66. The van der Waals surface area contributed by atoms with E-state index in [1.54, 1.807) is 6.07 Å². The van der Waals surface area contributed by atoms with Crippen molar-refractivity contribution in [2.75, 3.05) is 5.32 Å². The van der Waals surface area contributed by atoms with Gasteiger partial charge in [0.2, 0.25) is 11.9 Å². The van der Waals surface area contributed by atoms with E-state index in [0.29, 0.717) is 0 Å². The van der Waals surface area contributed by atoms with Gasteiger partial charge in [0.1, 0.15) is 6.54 Å². The predicted octanol–water partition coefficient (Wildman–Crippen LogP) is 0.624. The largest absolute Gasteiger partial charge is 0.293 e. The number of nitrogens with one attached hydrogen (secondary N) is 1. The van der Waals surface area contributed by atoms with Crippen molar-refractivity contribution in [3.05, 3.63) is 46.9 Å². The number of carbonyl (C=O) groups excluding carboxylic acids is 1. The first-order chi connectivity index (χ1) is 9.69. The predicted molar refractivity (Wildman–Crippen MR) is 73.2 cm³/mol. The van der Waals surface area contributed by atoms with Crippen molar-refractivity contribution in [3.63, 3.8) is 0 Å². The Bertz CT molecular complexity index is 639. The van der Waals surface area contributed by atoms with Crippen LogP contribution in [0.5, 0.6) is 0 Å². The van der Waals surface area contributed by atoms with Gasteiger partial charge in [-0.05, 0) is 12.5 Å². The number of rotatable bonds is 5. The fourth-order valence-electron chi connectivity index (χ4n) is 1.66. The van der Waals surface area contributed by atoms with Crippen LogP contribution in [0, 0.1) is 0 Å². The maximum absolute atomic E-state index is 11.8. The van der Waals surface area contributed by atoms with E-state index >= 15 is 0 Å². The van der Waals surface area contributed by atoms with Crippen molar-refractivity contribution >= 4 is 11.9 Å². The fraction of sp³-hybridized carbons (Fsp3) is 0.308. The second-order valence-electron chi connectivity index (χ2n) is 4.22. The summed E-state index contributed by atoms with van der Waals surface area (Å²) in [6.45, 7) is 1.90. The van der Waals surface area contributed by atoms with Gasteiger partial charge in [-0.2, -0.15) is 0 Å². The molecule has 2 rings (SSSR count). The van der Waals surface area contributed by atoms with Crippen LogP contribution in [0.15, 0.2) is 35.6 Å². The van der Waals surface area contributed by atoms with Gasteiger partial charge in [0, 0.05) is 24.2 Å². The summed E-state index contributed by atoms with van der Waals surface area (Å²) in [7, 11) is 0. The highest BCUT2D eigenvalue weighted by molar-refractivity contribution is 5.88. The van der Waals surface area contributed by atoms with Crippen LogP contribution in [0.3, 0.4) is 0 Å². The number of hydrogen-bond donors (Lipinski definition) is 1. The Hall–Kier alpha value is -2.57. The van der Waals surface area contributed by atoms with Crippen molar-refractivity contribution in [1.82, 2.24) is 19.5 Å². The molecule has 0 saturated heterocycles. The summed E-state index contributed by atoms with van der Waals surface area (Å²) in [5.74, 6) is -0.163. The molecule has 104 valence electrons. The van der Waals surface area contributed by atoms with Crippen molar-refractivity contribution in [2.45, 2.75) is 26.3 Å². The molecule has 7 nitrogen and oxygen atoms in total. The lowest BCUT2D eigenvalue weighted by atomic mass is 10.2. The van der Waals surface area contributed by atoms with Gasteiger partial charge in [0.05, 0.1) is 6.33 Å². The molecule has 2 aromatic heterocycles. The van der Waals surface area contributed by atoms with Gasteiger partial charge < -0.3 is 0 Å². The average molecular weight is 273 g/mol. The quantitative estimate of drug-likeness (QED) is 0.862. The monoisotopic (exact) mass is 273 g/mol. The third kappa shape index (κ3) is 3.71. The van der Waals surface area contributed by atoms with E-state index in [-0.39, 0.29) is 24.0 Å². The Labute approximate surface area is 115 Å². The number of anilines is 1. The van der Waals surface area contributed by atoms with Crippen LogP contribution >= 0.6 is 0 Å². The van der Waals surface area contributed by atoms with E-state index in [4.69, 9.17) is 0 Å². The normalized spacial score (nSPS) is 10.2. The van der Waals surface area contributed by atoms with Crippen molar-refractivity contribution in [2.24, 2.45) is 0 Å². The number of aryl methyl sites for hydroxylation is 1. The molecule has 2 aromatic rings. The third-order valence-corrected chi connectivity index (χ3v) is 2.57. The first-order valence-electron chi connectivity index (χ1n) is 6.31. The number of amides is 1. The molecule has 0 saturated carbocycles. The second-order valence-corrected chi connectivity index (χ2v) is 4.22. The van der Waals surface area contributed by atoms with Gasteiger partial charge in [-0.25, -0.2) is 15.0 Å². The van der Waals surface area contributed by atoms with Crippen LogP contribution in [-0.2, 0) is 17.8 Å². The summed E-state index contributed by atoms with van der Waals surface area (Å²) < 4.78 is 1.25. The topological polar surface area (TPSA) is 89.8 Å². The number of aromatic nitrogens is 4. The van der Waals surface area contributed by atoms with E-state index in [1.807, 2.05) is 6.92 Å². The molecule has 0 unspecified atom stereocenters. The number of carbonyl (C=O) groups is 1. The molecule has 0 atom stereocenters. The molecular formula is C13H15N5O2. The smallest absolute Gasteiger partial charge is 0.253 e. The van der Waals surface area contributed by atoms with E-state index in [0.717, 1.165) is 18.5 Å². The Kier molecular flexibility index (Phi) is 4.54. The molecule has 2 heterocycles. The van der Waals surface area contributed by atoms with Gasteiger partial charge in [-0.1, -0.05) is 13.3 Å². The minimum atomic E-state index is -0.372. The molecule has 0 aliphatic heterocycles. The first kappa shape index (κ1) is 13.9. The molecular weight excluding hydrogens is 258 g/mol. The van der Waals surface area contributed by atoms with Crippen LogP contribution in [-0.4, -0.2) is 25.4 Å². The van der Waals surface area contributed by atoms with E-state index < -0.39 is 0 Å². The summed E-state index contributed by atoms with van der Waals surface area (Å²) in [5, 5.41) is 2.51. The van der Waals surface area contributed by atoms with Crippen LogP contribution in [0.25, 0.3) is 0 Å². The van der Waals surface area contributed by atoms with Crippen LogP contribution < -0.4 is 10.9 Å². The zero-order chi connectivity index (χ0) is 14.4. The number of nitrogens with zero attached hydrogens (tertiary/aromatic N) is 4. The Morgan fingerprint density at radius 3 is 2.70 bits per heavy atom.